The molecule has 1 fully saturated rings. The van der Waals surface area contributed by atoms with Crippen LogP contribution in [0.1, 0.15) is 25.3 Å². The number of halogens is 1. The van der Waals surface area contributed by atoms with Crippen molar-refractivity contribution in [1.29, 1.82) is 0 Å². The van der Waals surface area contributed by atoms with Gasteiger partial charge in [-0.25, -0.2) is 0 Å². The fraction of sp³-hybridized carbons (Fsp3) is 0.600. The maximum Gasteiger partial charge on any atom is 0.0375 e. The predicted octanol–water partition coefficient (Wildman–Crippen LogP) is 2.83. The lowest BCUT2D eigenvalue weighted by Gasteiger charge is -2.29. The second kappa shape index (κ2) is 6.73. The quantitative estimate of drug-likeness (QED) is 0.903. The van der Waals surface area contributed by atoms with Crippen molar-refractivity contribution in [2.24, 2.45) is 5.73 Å². The first-order chi connectivity index (χ1) is 9.15. The Morgan fingerprint density at radius 1 is 1.47 bits per heavy atom. The molecular weight excluding hydrogens is 302 g/mol. The Labute approximate surface area is 124 Å². The molecule has 0 aromatic heterocycles. The van der Waals surface area contributed by atoms with Crippen molar-refractivity contribution < 1.29 is 0 Å². The van der Waals surface area contributed by atoms with E-state index in [4.69, 9.17) is 5.73 Å². The molecule has 3 nitrogen and oxygen atoms in total. The van der Waals surface area contributed by atoms with Crippen LogP contribution in [0.5, 0.6) is 0 Å². The highest BCUT2D eigenvalue weighted by atomic mass is 79.9. The second-order valence-corrected chi connectivity index (χ2v) is 6.14. The lowest BCUT2D eigenvalue weighted by Crippen LogP contribution is -2.38. The van der Waals surface area contributed by atoms with Crippen LogP contribution in [-0.4, -0.2) is 37.6 Å². The van der Waals surface area contributed by atoms with Crippen molar-refractivity contribution in [2.45, 2.75) is 32.4 Å². The summed E-state index contributed by atoms with van der Waals surface area (Å²) < 4.78 is 1.11. The van der Waals surface area contributed by atoms with Gasteiger partial charge in [0.2, 0.25) is 0 Å². The molecule has 0 bridgehead atoms. The predicted molar refractivity (Wildman–Crippen MR) is 85.6 cm³/mol. The van der Waals surface area contributed by atoms with Gasteiger partial charge in [0.1, 0.15) is 0 Å². The Bertz CT molecular complexity index is 422. The summed E-state index contributed by atoms with van der Waals surface area (Å²) in [6.45, 7) is 6.35. The molecule has 1 aliphatic heterocycles. The van der Waals surface area contributed by atoms with Gasteiger partial charge in [0.25, 0.3) is 0 Å². The van der Waals surface area contributed by atoms with E-state index in [9.17, 15) is 0 Å². The van der Waals surface area contributed by atoms with Gasteiger partial charge in [-0.2, -0.15) is 0 Å². The molecule has 1 aromatic rings. The highest BCUT2D eigenvalue weighted by Gasteiger charge is 2.24. The molecule has 106 valence electrons. The van der Waals surface area contributed by atoms with E-state index in [0.29, 0.717) is 12.6 Å². The number of nitrogens with zero attached hydrogens (tertiary/aromatic N) is 2. The summed E-state index contributed by atoms with van der Waals surface area (Å²) in [6, 6.07) is 7.15. The number of hydrogen-bond donors (Lipinski definition) is 1. The number of likely N-dealkylation sites (tertiary alicyclic amines) is 1. The maximum absolute atomic E-state index is 5.69. The monoisotopic (exact) mass is 325 g/mol. The number of benzene rings is 1. The summed E-state index contributed by atoms with van der Waals surface area (Å²) in [5, 5.41) is 0. The molecular formula is C15H24BrN3. The van der Waals surface area contributed by atoms with E-state index in [-0.39, 0.29) is 0 Å². The van der Waals surface area contributed by atoms with Gasteiger partial charge in [-0.3, -0.25) is 4.90 Å². The minimum absolute atomic E-state index is 0.580. The Morgan fingerprint density at radius 3 is 2.89 bits per heavy atom. The third kappa shape index (κ3) is 3.50. The van der Waals surface area contributed by atoms with Crippen LogP contribution in [0.15, 0.2) is 22.7 Å². The highest BCUT2D eigenvalue weighted by molar-refractivity contribution is 9.10. The SMILES string of the molecule is CCN1CCCC1CN(C)c1ccc(CN)c(Br)c1. The van der Waals surface area contributed by atoms with Crippen LogP contribution in [0.4, 0.5) is 5.69 Å². The Balaban J connectivity index is 2.03. The maximum atomic E-state index is 5.69. The first-order valence-electron chi connectivity index (χ1n) is 7.09. The molecule has 2 N–H and O–H groups in total. The van der Waals surface area contributed by atoms with Crippen LogP contribution in [-0.2, 0) is 6.54 Å². The summed E-state index contributed by atoms with van der Waals surface area (Å²) in [4.78, 5) is 4.93. The minimum Gasteiger partial charge on any atom is -0.373 e. The molecule has 1 aliphatic rings. The van der Waals surface area contributed by atoms with E-state index in [1.165, 1.54) is 25.1 Å². The molecule has 0 spiro atoms. The summed E-state index contributed by atoms with van der Waals surface area (Å²) in [6.07, 6.45) is 2.66. The molecule has 4 heteroatoms. The van der Waals surface area contributed by atoms with Crippen molar-refractivity contribution in [1.82, 2.24) is 4.90 Å². The smallest absolute Gasteiger partial charge is 0.0375 e. The van der Waals surface area contributed by atoms with Crippen LogP contribution in [0.2, 0.25) is 0 Å². The molecule has 1 unspecified atom stereocenters. The van der Waals surface area contributed by atoms with Crippen LogP contribution in [0.25, 0.3) is 0 Å². The topological polar surface area (TPSA) is 32.5 Å². The third-order valence-corrected chi connectivity index (χ3v) is 4.83. The third-order valence-electron chi connectivity index (χ3n) is 4.09. The average Bonchev–Trinajstić information content (AvgIpc) is 2.85. The second-order valence-electron chi connectivity index (χ2n) is 5.29. The molecule has 1 aromatic carbocycles. The van der Waals surface area contributed by atoms with Gasteiger partial charge in [0, 0.05) is 36.3 Å². The fourth-order valence-corrected chi connectivity index (χ4v) is 3.41. The van der Waals surface area contributed by atoms with Gasteiger partial charge in [0.05, 0.1) is 0 Å². The average molecular weight is 326 g/mol. The molecule has 19 heavy (non-hydrogen) atoms. The Morgan fingerprint density at radius 2 is 2.26 bits per heavy atom. The van der Waals surface area contributed by atoms with Crippen LogP contribution in [0, 0.1) is 0 Å². The Kier molecular flexibility index (Phi) is 5.25. The van der Waals surface area contributed by atoms with E-state index in [1.807, 2.05) is 0 Å². The Hall–Kier alpha value is -0.580. The van der Waals surface area contributed by atoms with E-state index in [1.54, 1.807) is 0 Å². The first-order valence-corrected chi connectivity index (χ1v) is 7.88. The van der Waals surface area contributed by atoms with Gasteiger partial charge < -0.3 is 10.6 Å². The lowest BCUT2D eigenvalue weighted by molar-refractivity contribution is 0.270. The van der Waals surface area contributed by atoms with Crippen molar-refractivity contribution in [3.8, 4) is 0 Å². The fourth-order valence-electron chi connectivity index (χ4n) is 2.88. The summed E-state index contributed by atoms with van der Waals surface area (Å²) in [5.41, 5.74) is 8.11. The summed E-state index contributed by atoms with van der Waals surface area (Å²) >= 11 is 3.60. The standard InChI is InChI=1S/C15H24BrN3/c1-3-19-8-4-5-14(19)11-18(2)13-7-6-12(10-17)15(16)9-13/h6-7,9,14H,3-5,8,10-11,17H2,1-2H3. The molecule has 1 heterocycles. The summed E-state index contributed by atoms with van der Waals surface area (Å²) in [7, 11) is 2.18. The van der Waals surface area contributed by atoms with Gasteiger partial charge in [-0.1, -0.05) is 28.9 Å². The number of nitrogens with two attached hydrogens (primary N) is 1. The van der Waals surface area contributed by atoms with Crippen molar-refractivity contribution >= 4 is 21.6 Å². The largest absolute Gasteiger partial charge is 0.373 e. The van der Waals surface area contributed by atoms with Crippen LogP contribution in [0.3, 0.4) is 0 Å². The van der Waals surface area contributed by atoms with Crippen molar-refractivity contribution in [2.75, 3.05) is 31.6 Å². The zero-order valence-electron chi connectivity index (χ0n) is 11.9. The zero-order chi connectivity index (χ0) is 13.8. The van der Waals surface area contributed by atoms with Gasteiger partial charge >= 0.3 is 0 Å². The van der Waals surface area contributed by atoms with E-state index < -0.39 is 0 Å². The van der Waals surface area contributed by atoms with Gasteiger partial charge in [-0.05, 0) is 43.6 Å². The van der Waals surface area contributed by atoms with E-state index in [0.717, 1.165) is 23.1 Å². The van der Waals surface area contributed by atoms with Gasteiger partial charge in [-0.15, -0.1) is 0 Å². The van der Waals surface area contributed by atoms with Gasteiger partial charge in [0.15, 0.2) is 0 Å². The lowest BCUT2D eigenvalue weighted by atomic mass is 10.1. The number of anilines is 1. The van der Waals surface area contributed by atoms with Crippen LogP contribution < -0.4 is 10.6 Å². The molecule has 1 atom stereocenters. The summed E-state index contributed by atoms with van der Waals surface area (Å²) in [5.74, 6) is 0. The normalized spacial score (nSPS) is 19.9. The van der Waals surface area contributed by atoms with Crippen LogP contribution >= 0.6 is 15.9 Å². The number of hydrogen-bond acceptors (Lipinski definition) is 3. The van der Waals surface area contributed by atoms with Crippen molar-refractivity contribution in [3.63, 3.8) is 0 Å². The number of likely N-dealkylation sites (N-methyl/N-ethyl adjacent to an activating group) is 2. The van der Waals surface area contributed by atoms with E-state index >= 15 is 0 Å². The molecule has 0 radical (unpaired) electrons. The van der Waals surface area contributed by atoms with E-state index in [2.05, 4.69) is 57.9 Å². The van der Waals surface area contributed by atoms with Crippen molar-refractivity contribution in [3.05, 3.63) is 28.2 Å². The molecule has 0 saturated carbocycles. The highest BCUT2D eigenvalue weighted by Crippen LogP contribution is 2.25. The minimum atomic E-state index is 0.580. The molecule has 0 aliphatic carbocycles. The molecule has 1 saturated heterocycles. The molecule has 0 amide bonds. The zero-order valence-corrected chi connectivity index (χ0v) is 13.5. The first kappa shape index (κ1) is 14.8. The number of rotatable bonds is 5. The molecule has 2 rings (SSSR count).